The zero-order valence-corrected chi connectivity index (χ0v) is 13.5. The van der Waals surface area contributed by atoms with E-state index >= 15 is 0 Å². The Morgan fingerprint density at radius 2 is 1.86 bits per heavy atom. The van der Waals surface area contributed by atoms with Crippen LogP contribution in [0.4, 0.5) is 0 Å². The van der Waals surface area contributed by atoms with Crippen molar-refractivity contribution in [2.24, 2.45) is 0 Å². The van der Waals surface area contributed by atoms with E-state index in [0.29, 0.717) is 0 Å². The van der Waals surface area contributed by atoms with Crippen molar-refractivity contribution in [1.29, 1.82) is 0 Å². The molecule has 4 heteroatoms. The molecule has 1 N–H and O–H groups in total. The van der Waals surface area contributed by atoms with E-state index in [1.54, 1.807) is 13.1 Å². The minimum Gasteiger partial charge on any atom is -0.481 e. The van der Waals surface area contributed by atoms with Crippen LogP contribution in [0.2, 0.25) is 0 Å². The molecule has 3 nitrogen and oxygen atoms in total. The number of carbonyl (C=O) groups is 1. The first-order valence-electron chi connectivity index (χ1n) is 6.95. The summed E-state index contributed by atoms with van der Waals surface area (Å²) in [5.74, 6) is -1.38. The van der Waals surface area contributed by atoms with Crippen LogP contribution in [0.5, 0.6) is 0 Å². The highest BCUT2D eigenvalue weighted by Gasteiger charge is 2.18. The Labute approximate surface area is 136 Å². The number of aromatic nitrogens is 1. The lowest BCUT2D eigenvalue weighted by molar-refractivity contribution is -0.138. The minimum absolute atomic E-state index is 0.557. The number of fused-ring (bicyclic) bond motifs is 1. The van der Waals surface area contributed by atoms with Gasteiger partial charge in [0.2, 0.25) is 0 Å². The number of rotatable bonds is 3. The van der Waals surface area contributed by atoms with Crippen LogP contribution >= 0.6 is 15.9 Å². The Balaban J connectivity index is 2.29. The fraction of sp³-hybridized carbons (Fsp3) is 0.111. The van der Waals surface area contributed by atoms with Crippen molar-refractivity contribution in [3.05, 3.63) is 64.8 Å². The number of halogens is 1. The summed E-state index contributed by atoms with van der Waals surface area (Å²) in [6.45, 7) is 1.70. The number of hydrogen-bond acceptors (Lipinski definition) is 2. The molecular formula is C18H14BrNO2. The average Bonchev–Trinajstić information content (AvgIpc) is 2.53. The summed E-state index contributed by atoms with van der Waals surface area (Å²) in [4.78, 5) is 15.8. The quantitative estimate of drug-likeness (QED) is 0.730. The zero-order chi connectivity index (χ0) is 15.7. The molecule has 0 fully saturated rings. The van der Waals surface area contributed by atoms with Gasteiger partial charge in [0.05, 0.1) is 11.6 Å². The summed E-state index contributed by atoms with van der Waals surface area (Å²) in [5, 5.41) is 11.2. The maximum Gasteiger partial charge on any atom is 0.310 e. The van der Waals surface area contributed by atoms with Gasteiger partial charge in [-0.2, -0.15) is 0 Å². The lowest BCUT2D eigenvalue weighted by atomic mass is 9.93. The van der Waals surface area contributed by atoms with Crippen LogP contribution in [0.1, 0.15) is 18.4 Å². The number of carboxylic acid groups (broad SMARTS) is 1. The molecule has 2 aromatic carbocycles. The third-order valence-electron chi connectivity index (χ3n) is 3.81. The van der Waals surface area contributed by atoms with Crippen LogP contribution in [0, 0.1) is 0 Å². The van der Waals surface area contributed by atoms with Crippen LogP contribution in [0.15, 0.2) is 59.2 Å². The smallest absolute Gasteiger partial charge is 0.310 e. The first-order chi connectivity index (χ1) is 10.6. The maximum absolute atomic E-state index is 11.3. The predicted molar refractivity (Wildman–Crippen MR) is 90.9 cm³/mol. The summed E-state index contributed by atoms with van der Waals surface area (Å²) in [5.41, 5.74) is 2.65. The van der Waals surface area contributed by atoms with E-state index in [2.05, 4.69) is 20.9 Å². The highest BCUT2D eigenvalue weighted by molar-refractivity contribution is 9.10. The number of pyridine rings is 1. The van der Waals surface area contributed by atoms with Gasteiger partial charge < -0.3 is 5.11 Å². The van der Waals surface area contributed by atoms with Crippen molar-refractivity contribution in [3.8, 4) is 11.3 Å². The molecule has 3 rings (SSSR count). The summed E-state index contributed by atoms with van der Waals surface area (Å²) in [6.07, 6.45) is 1.73. The first-order valence-corrected chi connectivity index (χ1v) is 7.74. The van der Waals surface area contributed by atoms with E-state index in [0.717, 1.165) is 32.1 Å². The number of hydrogen-bond donors (Lipinski definition) is 1. The van der Waals surface area contributed by atoms with Crippen LogP contribution in [-0.4, -0.2) is 16.1 Å². The summed E-state index contributed by atoms with van der Waals surface area (Å²) in [7, 11) is 0. The highest BCUT2D eigenvalue weighted by Crippen LogP contribution is 2.34. The van der Waals surface area contributed by atoms with Crippen molar-refractivity contribution in [1.82, 2.24) is 4.98 Å². The van der Waals surface area contributed by atoms with Gasteiger partial charge in [-0.25, -0.2) is 0 Å². The molecule has 0 spiro atoms. The van der Waals surface area contributed by atoms with Gasteiger partial charge in [-0.3, -0.25) is 9.78 Å². The Hall–Kier alpha value is -2.20. The molecule has 0 amide bonds. The molecule has 1 unspecified atom stereocenters. The van der Waals surface area contributed by atoms with Crippen molar-refractivity contribution in [3.63, 3.8) is 0 Å². The van der Waals surface area contributed by atoms with Gasteiger partial charge in [-0.15, -0.1) is 0 Å². The molecule has 0 aliphatic heterocycles. The van der Waals surface area contributed by atoms with Gasteiger partial charge in [-0.1, -0.05) is 52.3 Å². The second-order valence-electron chi connectivity index (χ2n) is 5.14. The largest absolute Gasteiger partial charge is 0.481 e. The highest BCUT2D eigenvalue weighted by atomic mass is 79.9. The topological polar surface area (TPSA) is 50.2 Å². The molecule has 110 valence electrons. The van der Waals surface area contributed by atoms with Crippen LogP contribution in [0.25, 0.3) is 22.0 Å². The molecule has 22 heavy (non-hydrogen) atoms. The molecule has 0 saturated carbocycles. The average molecular weight is 356 g/mol. The van der Waals surface area contributed by atoms with Crippen molar-refractivity contribution >= 4 is 32.7 Å². The Morgan fingerprint density at radius 1 is 1.09 bits per heavy atom. The number of benzene rings is 2. The van der Waals surface area contributed by atoms with Crippen molar-refractivity contribution < 1.29 is 9.90 Å². The molecule has 0 aliphatic rings. The lowest BCUT2D eigenvalue weighted by Crippen LogP contribution is -2.08. The van der Waals surface area contributed by atoms with Crippen LogP contribution in [-0.2, 0) is 4.79 Å². The second-order valence-corrected chi connectivity index (χ2v) is 6.00. The van der Waals surface area contributed by atoms with E-state index in [1.165, 1.54) is 0 Å². The number of carboxylic acids is 1. The molecular weight excluding hydrogens is 342 g/mol. The Morgan fingerprint density at radius 3 is 2.59 bits per heavy atom. The number of nitrogens with zero attached hydrogens (tertiary/aromatic N) is 1. The van der Waals surface area contributed by atoms with E-state index in [9.17, 15) is 9.90 Å². The lowest BCUT2D eigenvalue weighted by Gasteiger charge is -2.13. The monoisotopic (exact) mass is 355 g/mol. The van der Waals surface area contributed by atoms with E-state index in [1.807, 2.05) is 48.5 Å². The van der Waals surface area contributed by atoms with Crippen LogP contribution in [0.3, 0.4) is 0 Å². The molecule has 3 aromatic rings. The zero-order valence-electron chi connectivity index (χ0n) is 12.0. The number of aliphatic carboxylic acids is 1. The molecule has 0 radical (unpaired) electrons. The van der Waals surface area contributed by atoms with Crippen molar-refractivity contribution in [2.45, 2.75) is 12.8 Å². The molecule has 0 saturated heterocycles. The van der Waals surface area contributed by atoms with Crippen LogP contribution < -0.4 is 0 Å². The van der Waals surface area contributed by atoms with E-state index in [4.69, 9.17) is 0 Å². The Bertz CT molecular complexity index is 861. The van der Waals surface area contributed by atoms with Gasteiger partial charge >= 0.3 is 5.97 Å². The predicted octanol–water partition coefficient (Wildman–Crippen LogP) is 4.85. The van der Waals surface area contributed by atoms with Gasteiger partial charge in [0.25, 0.3) is 0 Å². The van der Waals surface area contributed by atoms with Gasteiger partial charge in [-0.05, 0) is 30.0 Å². The standard InChI is InChI=1S/C18H14BrNO2/c1-11(18(21)22)12-6-4-7-14-13(12)9-10-20-17(14)15-5-2-3-8-16(15)19/h2-11H,1H3,(H,21,22). The molecule has 0 aliphatic carbocycles. The van der Waals surface area contributed by atoms with Gasteiger partial charge in [0.15, 0.2) is 0 Å². The fourth-order valence-electron chi connectivity index (χ4n) is 2.61. The van der Waals surface area contributed by atoms with E-state index in [-0.39, 0.29) is 0 Å². The fourth-order valence-corrected chi connectivity index (χ4v) is 3.08. The minimum atomic E-state index is -0.827. The maximum atomic E-state index is 11.3. The third kappa shape index (κ3) is 2.50. The SMILES string of the molecule is CC(C(=O)O)c1cccc2c(-c3ccccc3Br)nccc12. The summed E-state index contributed by atoms with van der Waals surface area (Å²) in [6, 6.07) is 15.5. The second kappa shape index (κ2) is 5.89. The third-order valence-corrected chi connectivity index (χ3v) is 4.50. The molecule has 0 bridgehead atoms. The van der Waals surface area contributed by atoms with Gasteiger partial charge in [0.1, 0.15) is 0 Å². The Kier molecular flexibility index (Phi) is 3.94. The molecule has 1 heterocycles. The first kappa shape index (κ1) is 14.7. The van der Waals surface area contributed by atoms with E-state index < -0.39 is 11.9 Å². The molecule has 1 aromatic heterocycles. The normalized spacial score (nSPS) is 12.3. The molecule has 1 atom stereocenters. The summed E-state index contributed by atoms with van der Waals surface area (Å²) >= 11 is 3.56. The van der Waals surface area contributed by atoms with Crippen molar-refractivity contribution in [2.75, 3.05) is 0 Å². The summed E-state index contributed by atoms with van der Waals surface area (Å²) < 4.78 is 0.965. The van der Waals surface area contributed by atoms with Gasteiger partial charge in [0, 0.05) is 21.6 Å².